The SMILES string of the molecule is O=Cc1ncc(I)c(Br)c1C(F)F. The van der Waals surface area contributed by atoms with Crippen molar-refractivity contribution in [1.29, 1.82) is 0 Å². The molecule has 0 aromatic carbocycles. The van der Waals surface area contributed by atoms with E-state index in [-0.39, 0.29) is 15.7 Å². The molecule has 0 saturated carbocycles. The van der Waals surface area contributed by atoms with Crippen LogP contribution in [0.2, 0.25) is 0 Å². The molecule has 1 heterocycles. The highest BCUT2D eigenvalue weighted by Gasteiger charge is 2.19. The third-order valence-electron chi connectivity index (χ3n) is 1.37. The summed E-state index contributed by atoms with van der Waals surface area (Å²) in [5, 5.41) is 0. The Labute approximate surface area is 95.0 Å². The normalized spacial score (nSPS) is 10.5. The third-order valence-corrected chi connectivity index (χ3v) is 3.78. The molecule has 0 N–H and O–H groups in total. The van der Waals surface area contributed by atoms with E-state index < -0.39 is 6.43 Å². The highest BCUT2D eigenvalue weighted by Crippen LogP contribution is 2.31. The van der Waals surface area contributed by atoms with Crippen LogP contribution in [-0.4, -0.2) is 11.3 Å². The molecule has 2 nitrogen and oxygen atoms in total. The number of carbonyl (C=O) groups is 1. The van der Waals surface area contributed by atoms with Gasteiger partial charge in [-0.2, -0.15) is 0 Å². The molecular formula is C7H3BrF2INO. The molecule has 1 aromatic rings. The quantitative estimate of drug-likeness (QED) is 0.598. The number of nitrogens with zero attached hydrogens (tertiary/aromatic N) is 1. The van der Waals surface area contributed by atoms with E-state index in [1.54, 1.807) is 0 Å². The summed E-state index contributed by atoms with van der Waals surface area (Å²) >= 11 is 4.84. The second-order valence-corrected chi connectivity index (χ2v) is 4.09. The Morgan fingerprint density at radius 2 is 2.23 bits per heavy atom. The zero-order chi connectivity index (χ0) is 10.0. The molecule has 0 aliphatic heterocycles. The maximum absolute atomic E-state index is 12.4. The summed E-state index contributed by atoms with van der Waals surface area (Å²) in [7, 11) is 0. The van der Waals surface area contributed by atoms with Crippen LogP contribution in [-0.2, 0) is 0 Å². The average Bonchev–Trinajstić information content (AvgIpc) is 2.08. The number of alkyl halides is 2. The van der Waals surface area contributed by atoms with Gasteiger partial charge in [0.15, 0.2) is 6.29 Å². The molecule has 0 aliphatic rings. The Bertz CT molecular complexity index is 346. The fraction of sp³-hybridized carbons (Fsp3) is 0.143. The lowest BCUT2D eigenvalue weighted by Gasteiger charge is -2.06. The van der Waals surface area contributed by atoms with Crippen LogP contribution in [0.15, 0.2) is 10.7 Å². The first-order valence-corrected chi connectivity index (χ1v) is 5.02. The minimum atomic E-state index is -2.70. The minimum absolute atomic E-state index is 0.220. The van der Waals surface area contributed by atoms with Crippen LogP contribution < -0.4 is 0 Å². The highest BCUT2D eigenvalue weighted by atomic mass is 127. The van der Waals surface area contributed by atoms with Gasteiger partial charge in [-0.25, -0.2) is 8.78 Å². The molecular weight excluding hydrogens is 359 g/mol. The summed E-state index contributed by atoms with van der Waals surface area (Å²) < 4.78 is 25.6. The zero-order valence-corrected chi connectivity index (χ0v) is 9.84. The smallest absolute Gasteiger partial charge is 0.267 e. The Kier molecular flexibility index (Phi) is 3.72. The van der Waals surface area contributed by atoms with Crippen LogP contribution in [0.5, 0.6) is 0 Å². The molecule has 0 bridgehead atoms. The molecule has 0 atom stereocenters. The molecule has 0 amide bonds. The van der Waals surface area contributed by atoms with E-state index in [9.17, 15) is 13.6 Å². The van der Waals surface area contributed by atoms with E-state index in [2.05, 4.69) is 20.9 Å². The topological polar surface area (TPSA) is 30.0 Å². The molecule has 0 saturated heterocycles. The summed E-state index contributed by atoms with van der Waals surface area (Å²) in [5.74, 6) is 0. The molecule has 0 fully saturated rings. The van der Waals surface area contributed by atoms with E-state index in [4.69, 9.17) is 0 Å². The standard InChI is InChI=1S/C7H3BrF2INO/c8-6-3(11)1-12-4(2-13)5(6)7(9)10/h1-2,7H. The predicted molar refractivity (Wildman–Crippen MR) is 55.0 cm³/mol. The van der Waals surface area contributed by atoms with Crippen molar-refractivity contribution in [1.82, 2.24) is 4.98 Å². The molecule has 0 aliphatic carbocycles. The summed E-state index contributed by atoms with van der Waals surface area (Å²) in [5.41, 5.74) is -0.566. The first kappa shape index (κ1) is 11.0. The lowest BCUT2D eigenvalue weighted by molar-refractivity contribution is 0.110. The maximum Gasteiger partial charge on any atom is 0.267 e. The van der Waals surface area contributed by atoms with Crippen LogP contribution in [0, 0.1) is 3.57 Å². The molecule has 0 unspecified atom stereocenters. The summed E-state index contributed by atoms with van der Waals surface area (Å²) in [6.45, 7) is 0. The summed E-state index contributed by atoms with van der Waals surface area (Å²) in [4.78, 5) is 14.0. The number of hydrogen-bond acceptors (Lipinski definition) is 2. The van der Waals surface area contributed by atoms with Crippen LogP contribution >= 0.6 is 38.5 Å². The first-order valence-electron chi connectivity index (χ1n) is 3.15. The molecule has 1 rings (SSSR count). The predicted octanol–water partition coefficient (Wildman–Crippen LogP) is 3.20. The average molecular weight is 362 g/mol. The van der Waals surface area contributed by atoms with Gasteiger partial charge < -0.3 is 0 Å². The Morgan fingerprint density at radius 1 is 1.62 bits per heavy atom. The van der Waals surface area contributed by atoms with Crippen LogP contribution in [0.4, 0.5) is 8.78 Å². The van der Waals surface area contributed by atoms with E-state index >= 15 is 0 Å². The highest BCUT2D eigenvalue weighted by molar-refractivity contribution is 14.1. The second-order valence-electron chi connectivity index (χ2n) is 2.14. The number of carbonyl (C=O) groups excluding carboxylic acids is 1. The fourth-order valence-electron chi connectivity index (χ4n) is 0.795. The van der Waals surface area contributed by atoms with Gasteiger partial charge in [0.2, 0.25) is 0 Å². The largest absolute Gasteiger partial charge is 0.296 e. The van der Waals surface area contributed by atoms with Gasteiger partial charge in [0.1, 0.15) is 5.69 Å². The second kappa shape index (κ2) is 4.41. The molecule has 0 spiro atoms. The van der Waals surface area contributed by atoms with Crippen molar-refractivity contribution in [2.24, 2.45) is 0 Å². The number of rotatable bonds is 2. The Balaban J connectivity index is 3.41. The zero-order valence-electron chi connectivity index (χ0n) is 6.10. The van der Waals surface area contributed by atoms with Gasteiger partial charge in [0, 0.05) is 14.2 Å². The molecule has 70 valence electrons. The van der Waals surface area contributed by atoms with Crippen molar-refractivity contribution in [3.05, 3.63) is 25.5 Å². The van der Waals surface area contributed by atoms with Gasteiger partial charge >= 0.3 is 0 Å². The van der Waals surface area contributed by atoms with Crippen molar-refractivity contribution in [3.8, 4) is 0 Å². The van der Waals surface area contributed by atoms with E-state index in [1.165, 1.54) is 6.20 Å². The Hall–Kier alpha value is -0.110. The first-order chi connectivity index (χ1) is 6.07. The lowest BCUT2D eigenvalue weighted by Crippen LogP contribution is -2.00. The van der Waals surface area contributed by atoms with E-state index in [0.717, 1.165) is 0 Å². The maximum atomic E-state index is 12.4. The van der Waals surface area contributed by atoms with Crippen molar-refractivity contribution >= 4 is 44.8 Å². The summed E-state index contributed by atoms with van der Waals surface area (Å²) in [6.07, 6.45) is -1.01. The molecule has 0 radical (unpaired) electrons. The van der Waals surface area contributed by atoms with Gasteiger partial charge in [-0.3, -0.25) is 9.78 Å². The van der Waals surface area contributed by atoms with Gasteiger partial charge in [-0.05, 0) is 38.5 Å². The van der Waals surface area contributed by atoms with Crippen molar-refractivity contribution in [3.63, 3.8) is 0 Å². The van der Waals surface area contributed by atoms with Crippen LogP contribution in [0.25, 0.3) is 0 Å². The summed E-state index contributed by atoms with van der Waals surface area (Å²) in [6, 6.07) is 0. The van der Waals surface area contributed by atoms with Gasteiger partial charge in [0.05, 0.1) is 5.56 Å². The third kappa shape index (κ3) is 2.22. The number of pyridine rings is 1. The van der Waals surface area contributed by atoms with Crippen molar-refractivity contribution in [2.45, 2.75) is 6.43 Å². The van der Waals surface area contributed by atoms with E-state index in [0.29, 0.717) is 9.86 Å². The fourth-order valence-corrected chi connectivity index (χ4v) is 1.70. The van der Waals surface area contributed by atoms with E-state index in [1.807, 2.05) is 22.6 Å². The van der Waals surface area contributed by atoms with Gasteiger partial charge in [0.25, 0.3) is 6.43 Å². The van der Waals surface area contributed by atoms with Gasteiger partial charge in [-0.1, -0.05) is 0 Å². The number of aldehydes is 1. The number of hydrogen-bond donors (Lipinski definition) is 0. The monoisotopic (exact) mass is 361 g/mol. The Morgan fingerprint density at radius 3 is 2.69 bits per heavy atom. The number of halogens is 4. The van der Waals surface area contributed by atoms with Crippen molar-refractivity contribution < 1.29 is 13.6 Å². The molecule has 13 heavy (non-hydrogen) atoms. The molecule has 1 aromatic heterocycles. The van der Waals surface area contributed by atoms with Crippen LogP contribution in [0.3, 0.4) is 0 Å². The van der Waals surface area contributed by atoms with Crippen LogP contribution in [0.1, 0.15) is 22.5 Å². The van der Waals surface area contributed by atoms with Crippen molar-refractivity contribution in [2.75, 3.05) is 0 Å². The minimum Gasteiger partial charge on any atom is -0.296 e. The number of aromatic nitrogens is 1. The molecule has 6 heteroatoms. The van der Waals surface area contributed by atoms with Gasteiger partial charge in [-0.15, -0.1) is 0 Å². The lowest BCUT2D eigenvalue weighted by atomic mass is 10.2.